The fourth-order valence-electron chi connectivity index (χ4n) is 6.31. The normalized spacial score (nSPS) is 15.6. The van der Waals surface area contributed by atoms with E-state index in [2.05, 4.69) is 14.9 Å². The lowest BCUT2D eigenvalue weighted by Crippen LogP contribution is -2.51. The zero-order valence-electron chi connectivity index (χ0n) is 26.4. The quantitative estimate of drug-likeness (QED) is 0.200. The van der Waals surface area contributed by atoms with Crippen molar-refractivity contribution in [3.8, 4) is 22.9 Å². The van der Waals surface area contributed by atoms with Crippen LogP contribution in [0.15, 0.2) is 54.7 Å². The molecule has 234 valence electrons. The van der Waals surface area contributed by atoms with Crippen LogP contribution >= 0.6 is 0 Å². The number of rotatable bonds is 11. The van der Waals surface area contributed by atoms with Crippen molar-refractivity contribution in [3.05, 3.63) is 71.8 Å². The Kier molecular flexibility index (Phi) is 8.84. The highest BCUT2D eigenvalue weighted by atomic mass is 16.5. The van der Waals surface area contributed by atoms with Crippen molar-refractivity contribution >= 4 is 33.5 Å². The topological polar surface area (TPSA) is 116 Å². The summed E-state index contributed by atoms with van der Waals surface area (Å²) in [6.45, 7) is 6.62. The Hall–Kier alpha value is -4.70. The van der Waals surface area contributed by atoms with Gasteiger partial charge in [-0.25, -0.2) is 9.97 Å². The van der Waals surface area contributed by atoms with Crippen LogP contribution in [0.4, 0.5) is 0 Å². The average molecular weight is 609 g/mol. The number of benzene rings is 2. The molecule has 1 aliphatic heterocycles. The number of para-hydroxylation sites is 1. The summed E-state index contributed by atoms with van der Waals surface area (Å²) in [5, 5.41) is 1.99. The van der Waals surface area contributed by atoms with Gasteiger partial charge in [-0.05, 0) is 55.8 Å². The molecule has 10 nitrogen and oxygen atoms in total. The summed E-state index contributed by atoms with van der Waals surface area (Å²) in [6.07, 6.45) is 3.99. The molecular formula is C35H40N6O4. The number of ether oxygens (including phenoxy) is 2. The Morgan fingerprint density at radius 2 is 1.89 bits per heavy atom. The van der Waals surface area contributed by atoms with Gasteiger partial charge in [-0.1, -0.05) is 25.1 Å². The number of aryl methyl sites for hydroxylation is 1. The summed E-state index contributed by atoms with van der Waals surface area (Å²) in [5.41, 5.74) is 5.36. The van der Waals surface area contributed by atoms with Crippen LogP contribution in [0.2, 0.25) is 0 Å². The number of H-pyrrole nitrogens is 2. The molecule has 1 amide bonds. The highest BCUT2D eigenvalue weighted by Gasteiger charge is 2.34. The molecule has 1 aliphatic rings. The first-order valence-electron chi connectivity index (χ1n) is 15.6. The number of aromatic nitrogens is 4. The summed E-state index contributed by atoms with van der Waals surface area (Å²) in [4.78, 5) is 46.8. The van der Waals surface area contributed by atoms with E-state index in [1.807, 2.05) is 67.3 Å². The number of piperazine rings is 1. The predicted octanol–water partition coefficient (Wildman–Crippen LogP) is 5.62. The van der Waals surface area contributed by atoms with Crippen LogP contribution in [-0.4, -0.2) is 81.8 Å². The first kappa shape index (κ1) is 30.3. The van der Waals surface area contributed by atoms with E-state index < -0.39 is 0 Å². The van der Waals surface area contributed by atoms with Gasteiger partial charge in [-0.2, -0.15) is 0 Å². The monoisotopic (exact) mass is 608 g/mol. The minimum absolute atomic E-state index is 0.0375. The molecule has 1 fully saturated rings. The molecule has 0 aliphatic carbocycles. The van der Waals surface area contributed by atoms with Crippen LogP contribution in [-0.2, 0) is 16.0 Å². The van der Waals surface area contributed by atoms with E-state index in [1.54, 1.807) is 20.4 Å². The second kappa shape index (κ2) is 13.1. The summed E-state index contributed by atoms with van der Waals surface area (Å²) >= 11 is 0. The van der Waals surface area contributed by atoms with E-state index in [9.17, 15) is 9.59 Å². The van der Waals surface area contributed by atoms with Crippen LogP contribution in [0.25, 0.3) is 33.1 Å². The molecule has 0 saturated carbocycles. The fraction of sp³-hybridized carbons (Fsp3) is 0.371. The Morgan fingerprint density at radius 1 is 1.04 bits per heavy atom. The third kappa shape index (κ3) is 6.28. The van der Waals surface area contributed by atoms with Crippen LogP contribution in [0.5, 0.6) is 11.6 Å². The number of methoxy groups -OCH3 is 2. The van der Waals surface area contributed by atoms with Gasteiger partial charge < -0.3 is 24.3 Å². The minimum atomic E-state index is -0.290. The van der Waals surface area contributed by atoms with E-state index in [0.29, 0.717) is 37.6 Å². The number of hydrogen-bond donors (Lipinski definition) is 2. The summed E-state index contributed by atoms with van der Waals surface area (Å²) < 4.78 is 11.1. The van der Waals surface area contributed by atoms with Crippen molar-refractivity contribution in [1.82, 2.24) is 29.7 Å². The third-order valence-electron chi connectivity index (χ3n) is 8.85. The Balaban J connectivity index is 1.30. The molecule has 2 N–H and O–H groups in total. The van der Waals surface area contributed by atoms with Gasteiger partial charge in [0.15, 0.2) is 0 Å². The molecule has 3 aromatic heterocycles. The van der Waals surface area contributed by atoms with Gasteiger partial charge in [0.2, 0.25) is 11.8 Å². The van der Waals surface area contributed by atoms with Crippen molar-refractivity contribution in [1.29, 1.82) is 0 Å². The molecule has 0 spiro atoms. The summed E-state index contributed by atoms with van der Waals surface area (Å²) in [7, 11) is 3.26. The molecule has 45 heavy (non-hydrogen) atoms. The fourth-order valence-corrected chi connectivity index (χ4v) is 6.31. The van der Waals surface area contributed by atoms with Crippen LogP contribution in [0.3, 0.4) is 0 Å². The molecular weight excluding hydrogens is 568 g/mol. The number of carbonyl (C=O) groups is 2. The molecule has 10 heteroatoms. The third-order valence-corrected chi connectivity index (χ3v) is 8.85. The molecule has 5 aromatic rings. The second-order valence-electron chi connectivity index (χ2n) is 11.6. The van der Waals surface area contributed by atoms with Crippen LogP contribution in [0.1, 0.15) is 49.3 Å². The van der Waals surface area contributed by atoms with Gasteiger partial charge in [0.1, 0.15) is 23.4 Å². The van der Waals surface area contributed by atoms with E-state index in [0.717, 1.165) is 69.6 Å². The standard InChI is InChI=1S/C35H40N6O4/c1-5-24(42)10-8-14-40-15-16-41(33(43)19-26-22(2)37-30-13-12-25(44-3)18-27(26)30)32(21-40)34-36-20-31(38-34)28-17-23-9-6-7-11-29(23)39-35(28)45-4/h6-7,9,11-13,17-18,20,32,37H,5,8,10,14-16,19,21H2,1-4H3,(H,36,38). The highest BCUT2D eigenvalue weighted by molar-refractivity contribution is 5.91. The summed E-state index contributed by atoms with van der Waals surface area (Å²) in [6, 6.07) is 15.6. The minimum Gasteiger partial charge on any atom is -0.497 e. The molecule has 1 saturated heterocycles. The number of aromatic amines is 2. The molecule has 0 bridgehead atoms. The Morgan fingerprint density at radius 3 is 2.69 bits per heavy atom. The number of fused-ring (bicyclic) bond motifs is 2. The zero-order valence-corrected chi connectivity index (χ0v) is 26.4. The van der Waals surface area contributed by atoms with Crippen molar-refractivity contribution in [2.45, 2.75) is 45.6 Å². The molecule has 4 heterocycles. The van der Waals surface area contributed by atoms with E-state index in [4.69, 9.17) is 19.4 Å². The molecule has 6 rings (SSSR count). The number of amides is 1. The number of imidazole rings is 1. The summed E-state index contributed by atoms with van der Waals surface area (Å²) in [5.74, 6) is 2.29. The maximum absolute atomic E-state index is 14.1. The van der Waals surface area contributed by atoms with Crippen molar-refractivity contribution < 1.29 is 19.1 Å². The Labute approximate surface area is 262 Å². The van der Waals surface area contributed by atoms with Gasteiger partial charge in [0.25, 0.3) is 0 Å². The maximum atomic E-state index is 14.1. The number of nitrogens with one attached hydrogen (secondary N) is 2. The number of nitrogens with zero attached hydrogens (tertiary/aromatic N) is 4. The lowest BCUT2D eigenvalue weighted by molar-refractivity contribution is -0.135. The first-order chi connectivity index (χ1) is 21.9. The SMILES string of the molecule is CCC(=O)CCCN1CCN(C(=O)Cc2c(C)[nH]c3ccc(OC)cc23)C(c2ncc(-c3cc4ccccc4nc3OC)[nH]2)C1. The zero-order chi connectivity index (χ0) is 31.5. The predicted molar refractivity (Wildman–Crippen MR) is 175 cm³/mol. The number of Topliss-reactive ketones (excluding diaryl/α,β-unsaturated/α-hetero) is 1. The number of carbonyl (C=O) groups excluding carboxylic acids is 2. The molecule has 1 atom stereocenters. The van der Waals surface area contributed by atoms with Gasteiger partial charge in [0, 0.05) is 54.5 Å². The average Bonchev–Trinajstić information content (AvgIpc) is 3.68. The highest BCUT2D eigenvalue weighted by Crippen LogP contribution is 2.34. The van der Waals surface area contributed by atoms with E-state index in [-0.39, 0.29) is 24.2 Å². The molecule has 0 radical (unpaired) electrons. The largest absolute Gasteiger partial charge is 0.497 e. The smallest absolute Gasteiger partial charge is 0.227 e. The van der Waals surface area contributed by atoms with Gasteiger partial charge in [-0.3, -0.25) is 14.5 Å². The Bertz CT molecular complexity index is 1840. The first-order valence-corrected chi connectivity index (χ1v) is 15.6. The van der Waals surface area contributed by atoms with Gasteiger partial charge >= 0.3 is 0 Å². The van der Waals surface area contributed by atoms with Crippen LogP contribution < -0.4 is 9.47 Å². The van der Waals surface area contributed by atoms with Crippen molar-refractivity contribution in [3.63, 3.8) is 0 Å². The van der Waals surface area contributed by atoms with Gasteiger partial charge in [0.05, 0.1) is 43.6 Å². The van der Waals surface area contributed by atoms with E-state index >= 15 is 0 Å². The maximum Gasteiger partial charge on any atom is 0.227 e. The number of ketones is 1. The van der Waals surface area contributed by atoms with Gasteiger partial charge in [-0.15, -0.1) is 0 Å². The van der Waals surface area contributed by atoms with E-state index in [1.165, 1.54) is 0 Å². The van der Waals surface area contributed by atoms with Crippen molar-refractivity contribution in [2.24, 2.45) is 0 Å². The number of pyridine rings is 1. The number of hydrogen-bond acceptors (Lipinski definition) is 7. The second-order valence-corrected chi connectivity index (χ2v) is 11.6. The van der Waals surface area contributed by atoms with Crippen molar-refractivity contribution in [2.75, 3.05) is 40.4 Å². The molecule has 1 unspecified atom stereocenters. The molecule has 2 aromatic carbocycles. The van der Waals surface area contributed by atoms with Crippen LogP contribution in [0, 0.1) is 6.92 Å². The lowest BCUT2D eigenvalue weighted by Gasteiger charge is -2.40. The lowest BCUT2D eigenvalue weighted by atomic mass is 10.0.